The molecule has 3 aromatic carbocycles. The number of methoxy groups -OCH3 is 1. The number of anilines is 2. The van der Waals surface area contributed by atoms with E-state index in [1.54, 1.807) is 48.5 Å². The molecule has 11 heteroatoms. The molecule has 3 amide bonds. The van der Waals surface area contributed by atoms with Crippen LogP contribution in [0.5, 0.6) is 17.2 Å². The third-order valence-corrected chi connectivity index (χ3v) is 5.97. The highest BCUT2D eigenvalue weighted by Crippen LogP contribution is 2.28. The highest BCUT2D eigenvalue weighted by Gasteiger charge is 2.13. The van der Waals surface area contributed by atoms with Gasteiger partial charge in [-0.3, -0.25) is 14.4 Å². The number of unbranched alkanes of at least 4 members (excludes halogenated alkanes) is 1. The Balaban J connectivity index is 1.48. The summed E-state index contributed by atoms with van der Waals surface area (Å²) in [4.78, 5) is 36.6. The summed E-state index contributed by atoms with van der Waals surface area (Å²) in [7, 11) is 1.46. The molecule has 0 saturated carbocycles. The second-order valence-electron chi connectivity index (χ2n) is 8.59. The Labute approximate surface area is 241 Å². The first-order valence-corrected chi connectivity index (χ1v) is 13.3. The molecule has 0 aromatic heterocycles. The molecule has 0 heterocycles. The molecule has 0 bridgehead atoms. The van der Waals surface area contributed by atoms with Gasteiger partial charge in [0.2, 0.25) is 0 Å². The smallest absolute Gasteiger partial charge is 0.329 e. The highest BCUT2D eigenvalue weighted by molar-refractivity contribution is 9.10. The molecule has 0 unspecified atom stereocenters. The number of ether oxygens (including phenoxy) is 3. The molecule has 40 heavy (non-hydrogen) atoms. The summed E-state index contributed by atoms with van der Waals surface area (Å²) in [6, 6.07) is 17.2. The first kappa shape index (κ1) is 30.2. The number of carbonyl (C=O) groups excluding carboxylic acids is 3. The van der Waals surface area contributed by atoms with Gasteiger partial charge >= 0.3 is 11.8 Å². The van der Waals surface area contributed by atoms with Crippen molar-refractivity contribution in [2.24, 2.45) is 5.10 Å². The SMILES string of the molecule is CCCCOc1ccc(NC(=O)C(=O)N/N=C\c2ccc(OCC(=O)Nc3ccc(Br)cc3C)c(OC)c2)cc1. The molecule has 0 saturated heterocycles. The predicted molar refractivity (Wildman–Crippen MR) is 157 cm³/mol. The maximum atomic E-state index is 12.3. The van der Waals surface area contributed by atoms with Gasteiger partial charge < -0.3 is 24.8 Å². The van der Waals surface area contributed by atoms with Crippen molar-refractivity contribution >= 4 is 51.2 Å². The van der Waals surface area contributed by atoms with Crippen molar-refractivity contribution in [1.82, 2.24) is 5.43 Å². The fraction of sp³-hybridized carbons (Fsp3) is 0.241. The van der Waals surface area contributed by atoms with Crippen LogP contribution in [0.15, 0.2) is 70.2 Å². The van der Waals surface area contributed by atoms with Crippen LogP contribution in [0, 0.1) is 6.92 Å². The molecule has 0 radical (unpaired) electrons. The number of nitrogens with one attached hydrogen (secondary N) is 3. The van der Waals surface area contributed by atoms with Gasteiger partial charge in [0.05, 0.1) is 19.9 Å². The lowest BCUT2D eigenvalue weighted by Crippen LogP contribution is -2.32. The van der Waals surface area contributed by atoms with Gasteiger partial charge in [-0.1, -0.05) is 29.3 Å². The minimum absolute atomic E-state index is 0.223. The third-order valence-electron chi connectivity index (χ3n) is 5.47. The maximum absolute atomic E-state index is 12.3. The first-order chi connectivity index (χ1) is 19.3. The van der Waals surface area contributed by atoms with Crippen LogP contribution < -0.4 is 30.3 Å². The number of nitrogens with zero attached hydrogens (tertiary/aromatic N) is 1. The lowest BCUT2D eigenvalue weighted by molar-refractivity contribution is -0.136. The van der Waals surface area contributed by atoms with Gasteiger partial charge in [0.25, 0.3) is 5.91 Å². The molecule has 0 aliphatic heterocycles. The van der Waals surface area contributed by atoms with Crippen LogP contribution in [0.2, 0.25) is 0 Å². The number of carbonyl (C=O) groups is 3. The molecule has 0 aliphatic carbocycles. The summed E-state index contributed by atoms with van der Waals surface area (Å²) >= 11 is 3.39. The summed E-state index contributed by atoms with van der Waals surface area (Å²) in [5.41, 5.74) is 4.81. The van der Waals surface area contributed by atoms with Crippen molar-refractivity contribution in [2.45, 2.75) is 26.7 Å². The van der Waals surface area contributed by atoms with Gasteiger partial charge in [0.15, 0.2) is 18.1 Å². The second kappa shape index (κ2) is 15.3. The molecule has 0 fully saturated rings. The Morgan fingerprint density at radius 2 is 1.70 bits per heavy atom. The van der Waals surface area contributed by atoms with Crippen molar-refractivity contribution < 1.29 is 28.6 Å². The molecule has 210 valence electrons. The molecular formula is C29H31BrN4O6. The van der Waals surface area contributed by atoms with Gasteiger partial charge in [-0.2, -0.15) is 5.10 Å². The molecular weight excluding hydrogens is 580 g/mol. The van der Waals surface area contributed by atoms with E-state index in [0.29, 0.717) is 40.8 Å². The largest absolute Gasteiger partial charge is 0.494 e. The zero-order chi connectivity index (χ0) is 28.9. The lowest BCUT2D eigenvalue weighted by Gasteiger charge is -2.12. The number of halogens is 1. The van der Waals surface area contributed by atoms with Crippen LogP contribution in [0.4, 0.5) is 11.4 Å². The molecule has 10 nitrogen and oxygen atoms in total. The van der Waals surface area contributed by atoms with Crippen LogP contribution in [0.3, 0.4) is 0 Å². The summed E-state index contributed by atoms with van der Waals surface area (Å²) in [6.45, 7) is 4.37. The van der Waals surface area contributed by atoms with E-state index >= 15 is 0 Å². The van der Waals surface area contributed by atoms with Gasteiger partial charge in [-0.15, -0.1) is 0 Å². The van der Waals surface area contributed by atoms with E-state index in [4.69, 9.17) is 14.2 Å². The topological polar surface area (TPSA) is 127 Å². The molecule has 0 aliphatic rings. The molecule has 3 rings (SSSR count). The summed E-state index contributed by atoms with van der Waals surface area (Å²) in [6.07, 6.45) is 3.34. The quantitative estimate of drug-likeness (QED) is 0.114. The van der Waals surface area contributed by atoms with Crippen molar-refractivity contribution in [1.29, 1.82) is 0 Å². The number of aryl methyl sites for hydroxylation is 1. The Hall–Kier alpha value is -4.38. The van der Waals surface area contributed by atoms with Gasteiger partial charge in [0, 0.05) is 15.8 Å². The van der Waals surface area contributed by atoms with Crippen LogP contribution in [0.1, 0.15) is 30.9 Å². The summed E-state index contributed by atoms with van der Waals surface area (Å²) < 4.78 is 17.5. The van der Waals surface area contributed by atoms with E-state index in [9.17, 15) is 14.4 Å². The van der Waals surface area contributed by atoms with Crippen LogP contribution in [-0.4, -0.2) is 44.3 Å². The maximum Gasteiger partial charge on any atom is 0.329 e. The minimum atomic E-state index is -0.932. The Morgan fingerprint density at radius 1 is 0.925 bits per heavy atom. The molecule has 3 aromatic rings. The second-order valence-corrected chi connectivity index (χ2v) is 9.50. The number of hydrogen-bond donors (Lipinski definition) is 3. The van der Waals surface area contributed by atoms with E-state index in [1.807, 2.05) is 19.1 Å². The third kappa shape index (κ3) is 9.42. The van der Waals surface area contributed by atoms with Crippen LogP contribution >= 0.6 is 15.9 Å². The average Bonchev–Trinajstić information content (AvgIpc) is 2.94. The number of benzene rings is 3. The summed E-state index contributed by atoms with van der Waals surface area (Å²) in [5.74, 6) is -0.717. The van der Waals surface area contributed by atoms with E-state index in [1.165, 1.54) is 13.3 Å². The minimum Gasteiger partial charge on any atom is -0.494 e. The normalized spacial score (nSPS) is 10.6. The highest BCUT2D eigenvalue weighted by atomic mass is 79.9. The summed E-state index contributed by atoms with van der Waals surface area (Å²) in [5, 5.41) is 9.14. The van der Waals surface area contributed by atoms with Crippen molar-refractivity contribution in [3.63, 3.8) is 0 Å². The Bertz CT molecular complexity index is 1360. The molecule has 0 atom stereocenters. The zero-order valence-electron chi connectivity index (χ0n) is 22.5. The molecule has 0 spiro atoms. The average molecular weight is 611 g/mol. The zero-order valence-corrected chi connectivity index (χ0v) is 24.0. The number of amides is 3. The number of hydrogen-bond acceptors (Lipinski definition) is 7. The Kier molecular flexibility index (Phi) is 11.5. The van der Waals surface area contributed by atoms with Crippen molar-refractivity contribution in [3.8, 4) is 17.2 Å². The van der Waals surface area contributed by atoms with Crippen LogP contribution in [0.25, 0.3) is 0 Å². The fourth-order valence-corrected chi connectivity index (χ4v) is 3.83. The lowest BCUT2D eigenvalue weighted by atomic mass is 10.2. The van der Waals surface area contributed by atoms with E-state index < -0.39 is 11.8 Å². The first-order valence-electron chi connectivity index (χ1n) is 12.5. The number of hydrazone groups is 1. The van der Waals surface area contributed by atoms with Crippen molar-refractivity contribution in [2.75, 3.05) is 31.0 Å². The van der Waals surface area contributed by atoms with Gasteiger partial charge in [-0.25, -0.2) is 5.43 Å². The van der Waals surface area contributed by atoms with Gasteiger partial charge in [-0.05, 0) is 85.1 Å². The van der Waals surface area contributed by atoms with E-state index in [2.05, 4.69) is 44.0 Å². The predicted octanol–water partition coefficient (Wildman–Crippen LogP) is 5.05. The van der Waals surface area contributed by atoms with Crippen LogP contribution in [-0.2, 0) is 14.4 Å². The Morgan fingerprint density at radius 3 is 2.40 bits per heavy atom. The fourth-order valence-electron chi connectivity index (χ4n) is 3.35. The van der Waals surface area contributed by atoms with E-state index in [-0.39, 0.29) is 12.5 Å². The molecule has 3 N–H and O–H groups in total. The van der Waals surface area contributed by atoms with Crippen molar-refractivity contribution in [3.05, 3.63) is 76.3 Å². The number of rotatable bonds is 12. The van der Waals surface area contributed by atoms with E-state index in [0.717, 1.165) is 22.9 Å². The standard InChI is InChI=1S/C29H31BrN4O6/c1-4-5-14-39-23-10-8-22(9-11-23)32-28(36)29(37)34-31-17-20-6-13-25(26(16-20)38-3)40-18-27(35)33-24-12-7-21(30)15-19(24)2/h6-13,15-17H,4-5,14,18H2,1-3H3,(H,32,36)(H,33,35)(H,34,37)/b31-17-. The monoisotopic (exact) mass is 610 g/mol. The van der Waals surface area contributed by atoms with Gasteiger partial charge in [0.1, 0.15) is 5.75 Å².